The number of aliphatic hydroxyl groups excluding tert-OH is 1. The number of benzene rings is 1. The first-order valence-electron chi connectivity index (χ1n) is 9.74. The minimum absolute atomic E-state index is 0.00175. The summed E-state index contributed by atoms with van der Waals surface area (Å²) in [5.74, 6) is -0.140. The Labute approximate surface area is 191 Å². The van der Waals surface area contributed by atoms with Gasteiger partial charge in [0, 0.05) is 42.1 Å². The number of hydrogen-bond acceptors (Lipinski definition) is 9. The normalized spacial score (nSPS) is 16.0. The molecular weight excluding hydrogens is 460 g/mol. The summed E-state index contributed by atoms with van der Waals surface area (Å²) in [4.78, 5) is 23.0. The number of halogens is 3. The van der Waals surface area contributed by atoms with Crippen molar-refractivity contribution >= 4 is 35.0 Å². The van der Waals surface area contributed by atoms with Crippen LogP contribution in [0.4, 0.5) is 26.2 Å². The van der Waals surface area contributed by atoms with Crippen LogP contribution in [0.2, 0.25) is 0 Å². The van der Waals surface area contributed by atoms with E-state index in [1.807, 2.05) is 4.90 Å². The fraction of sp³-hybridized carbons (Fsp3) is 0.250. The van der Waals surface area contributed by atoms with Crippen molar-refractivity contribution in [2.45, 2.75) is 18.1 Å². The first kappa shape index (κ1) is 22.6. The van der Waals surface area contributed by atoms with E-state index in [0.29, 0.717) is 42.3 Å². The second-order valence-electron chi connectivity index (χ2n) is 7.21. The van der Waals surface area contributed by atoms with Crippen LogP contribution in [-0.2, 0) is 0 Å². The molecule has 0 saturated carbocycles. The molecule has 0 unspecified atom stereocenters. The first-order chi connectivity index (χ1) is 15.7. The van der Waals surface area contributed by atoms with Crippen LogP contribution < -0.4 is 20.7 Å². The molecule has 1 fully saturated rings. The number of anilines is 3. The number of alkyl halides is 3. The monoisotopic (exact) mass is 477 g/mol. The van der Waals surface area contributed by atoms with Gasteiger partial charge >= 0.3 is 5.57 Å². The Kier molecular flexibility index (Phi) is 6.20. The van der Waals surface area contributed by atoms with Gasteiger partial charge in [0.2, 0.25) is 5.95 Å². The molecule has 1 atom stereocenters. The molecule has 13 heteroatoms. The molecule has 4 N–H and O–H groups in total. The summed E-state index contributed by atoms with van der Waals surface area (Å²) in [6.07, 6.45) is 2.92. The highest BCUT2D eigenvalue weighted by atomic mass is 35.5. The largest absolute Gasteiger partial charge is 0.487 e. The van der Waals surface area contributed by atoms with E-state index in [9.17, 15) is 18.7 Å². The van der Waals surface area contributed by atoms with Gasteiger partial charge in [-0.1, -0.05) is 0 Å². The molecule has 0 radical (unpaired) electrons. The van der Waals surface area contributed by atoms with Crippen LogP contribution >= 0.6 is 11.6 Å². The van der Waals surface area contributed by atoms with Gasteiger partial charge in [-0.2, -0.15) is 0 Å². The summed E-state index contributed by atoms with van der Waals surface area (Å²) in [7, 11) is 0. The maximum Gasteiger partial charge on any atom is 0.487 e. The number of nitrogens with one attached hydrogen (secondary N) is 1. The second-order valence-corrected chi connectivity index (χ2v) is 7.65. The molecular formula is C20H18ClF2N7O3. The lowest BCUT2D eigenvalue weighted by molar-refractivity contribution is -0.0964. The molecule has 172 valence electrons. The number of carbonyl (C=O) groups is 1. The predicted octanol–water partition coefficient (Wildman–Crippen LogP) is 2.51. The lowest BCUT2D eigenvalue weighted by atomic mass is 10.1. The number of pyridine rings is 1. The van der Waals surface area contributed by atoms with Crippen molar-refractivity contribution in [2.75, 3.05) is 29.0 Å². The van der Waals surface area contributed by atoms with Crippen LogP contribution in [0, 0.1) is 0 Å². The summed E-state index contributed by atoms with van der Waals surface area (Å²) < 4.78 is 29.7. The van der Waals surface area contributed by atoms with Gasteiger partial charge in [0.15, 0.2) is 0 Å². The molecule has 1 amide bonds. The van der Waals surface area contributed by atoms with Crippen molar-refractivity contribution in [3.8, 4) is 17.0 Å². The molecule has 3 heterocycles. The van der Waals surface area contributed by atoms with Crippen molar-refractivity contribution in [3.05, 3.63) is 48.3 Å². The number of aromatic nitrogens is 4. The standard InChI is InChI=1S/C20H18ClF2N7O3/c21-20(22,23)33-14-3-1-12(2-4-14)27-18(32)11-7-15(16-9-26-19(24)29-28-16)17(25-8-11)30-6-5-13(31)10-30/h1-4,7-9,13,31H,5-6,10H2,(H,27,32)(H2,24,26,29)/t13-/m1/s1. The average molecular weight is 478 g/mol. The van der Waals surface area contributed by atoms with Crippen molar-refractivity contribution in [1.29, 1.82) is 0 Å². The minimum Gasteiger partial charge on any atom is -0.420 e. The number of aliphatic hydroxyl groups is 1. The SMILES string of the molecule is Nc1ncc(-c2cc(C(=O)Nc3ccc(OC(F)(F)Cl)cc3)cnc2N2CC[C@@H](O)C2)nn1. The first-order valence-corrected chi connectivity index (χ1v) is 10.1. The molecule has 33 heavy (non-hydrogen) atoms. The number of nitrogen functional groups attached to an aromatic ring is 1. The Morgan fingerprint density at radius 2 is 2.00 bits per heavy atom. The van der Waals surface area contributed by atoms with Gasteiger partial charge in [-0.15, -0.1) is 19.0 Å². The van der Waals surface area contributed by atoms with Crippen molar-refractivity contribution in [2.24, 2.45) is 0 Å². The summed E-state index contributed by atoms with van der Waals surface area (Å²) in [5, 5.41) is 20.3. The van der Waals surface area contributed by atoms with Gasteiger partial charge in [-0.3, -0.25) is 4.79 Å². The molecule has 0 aliphatic carbocycles. The van der Waals surface area contributed by atoms with Gasteiger partial charge in [0.1, 0.15) is 17.3 Å². The number of nitrogens with zero attached hydrogens (tertiary/aromatic N) is 5. The van der Waals surface area contributed by atoms with Crippen LogP contribution in [0.15, 0.2) is 42.7 Å². The number of ether oxygens (including phenoxy) is 1. The number of nitrogens with two attached hydrogens (primary N) is 1. The van der Waals surface area contributed by atoms with E-state index in [-0.39, 0.29) is 17.3 Å². The van der Waals surface area contributed by atoms with Gasteiger partial charge in [0.25, 0.3) is 5.91 Å². The predicted molar refractivity (Wildman–Crippen MR) is 116 cm³/mol. The molecule has 1 aliphatic rings. The Morgan fingerprint density at radius 3 is 2.61 bits per heavy atom. The number of rotatable bonds is 6. The highest BCUT2D eigenvalue weighted by Crippen LogP contribution is 2.31. The zero-order valence-electron chi connectivity index (χ0n) is 17.0. The number of amides is 1. The molecule has 1 aromatic carbocycles. The van der Waals surface area contributed by atoms with E-state index in [1.165, 1.54) is 36.7 Å². The topological polar surface area (TPSA) is 139 Å². The lowest BCUT2D eigenvalue weighted by Crippen LogP contribution is -2.23. The molecule has 1 saturated heterocycles. The fourth-order valence-electron chi connectivity index (χ4n) is 3.31. The zero-order valence-corrected chi connectivity index (χ0v) is 17.7. The quantitative estimate of drug-likeness (QED) is 0.457. The highest BCUT2D eigenvalue weighted by Gasteiger charge is 2.28. The Hall–Kier alpha value is -3.64. The van der Waals surface area contributed by atoms with Gasteiger partial charge in [-0.05, 0) is 36.8 Å². The van der Waals surface area contributed by atoms with E-state index in [1.54, 1.807) is 6.07 Å². The van der Waals surface area contributed by atoms with Crippen LogP contribution in [0.1, 0.15) is 16.8 Å². The molecule has 1 aliphatic heterocycles. The molecule has 10 nitrogen and oxygen atoms in total. The molecule has 3 aromatic rings. The maximum atomic E-state index is 12.8. The van der Waals surface area contributed by atoms with Crippen molar-refractivity contribution in [3.63, 3.8) is 0 Å². The smallest absolute Gasteiger partial charge is 0.420 e. The minimum atomic E-state index is -3.83. The third kappa shape index (κ3) is 5.59. The van der Waals surface area contributed by atoms with Gasteiger partial charge in [0.05, 0.1) is 17.9 Å². The molecule has 0 spiro atoms. The van der Waals surface area contributed by atoms with E-state index in [2.05, 4.69) is 30.2 Å². The summed E-state index contributed by atoms with van der Waals surface area (Å²) in [6.45, 7) is 0.968. The highest BCUT2D eigenvalue weighted by molar-refractivity contribution is 6.20. The molecule has 2 aromatic heterocycles. The van der Waals surface area contributed by atoms with E-state index in [0.717, 1.165) is 0 Å². The van der Waals surface area contributed by atoms with E-state index < -0.39 is 17.6 Å². The van der Waals surface area contributed by atoms with Crippen LogP contribution in [-0.4, -0.2) is 55.9 Å². The summed E-state index contributed by atoms with van der Waals surface area (Å²) in [6, 6.07) is 6.84. The fourth-order valence-corrected chi connectivity index (χ4v) is 3.40. The van der Waals surface area contributed by atoms with E-state index >= 15 is 0 Å². The Morgan fingerprint density at radius 1 is 1.24 bits per heavy atom. The van der Waals surface area contributed by atoms with Crippen molar-refractivity contribution < 1.29 is 23.4 Å². The zero-order chi connectivity index (χ0) is 23.6. The molecule has 0 bridgehead atoms. The third-order valence-corrected chi connectivity index (χ3v) is 4.87. The number of β-amino-alcohol motifs (C(OH)–C–C–N with tert-alkyl or cyclic N) is 1. The molecule has 4 rings (SSSR count). The number of carbonyl (C=O) groups excluding carboxylic acids is 1. The lowest BCUT2D eigenvalue weighted by Gasteiger charge is -2.20. The maximum absolute atomic E-state index is 12.8. The van der Waals surface area contributed by atoms with Crippen LogP contribution in [0.3, 0.4) is 0 Å². The summed E-state index contributed by atoms with van der Waals surface area (Å²) >= 11 is 4.74. The number of hydrogen-bond donors (Lipinski definition) is 3. The average Bonchev–Trinajstić information content (AvgIpc) is 3.20. The van der Waals surface area contributed by atoms with E-state index in [4.69, 9.17) is 17.3 Å². The Bertz CT molecular complexity index is 1140. The summed E-state index contributed by atoms with van der Waals surface area (Å²) in [5.41, 5.74) is 3.08. The Balaban J connectivity index is 1.59. The third-order valence-electron chi connectivity index (χ3n) is 4.79. The van der Waals surface area contributed by atoms with Crippen molar-refractivity contribution in [1.82, 2.24) is 20.2 Å². The second kappa shape index (κ2) is 9.08. The van der Waals surface area contributed by atoms with Gasteiger partial charge in [-0.25, -0.2) is 9.97 Å². The van der Waals surface area contributed by atoms with Crippen LogP contribution in [0.25, 0.3) is 11.3 Å². The van der Waals surface area contributed by atoms with Gasteiger partial charge < -0.3 is 25.8 Å². The van der Waals surface area contributed by atoms with Crippen LogP contribution in [0.5, 0.6) is 5.75 Å².